The van der Waals surface area contributed by atoms with Gasteiger partial charge >= 0.3 is 5.97 Å². The minimum Gasteiger partial charge on any atom is -0.468 e. The Morgan fingerprint density at radius 1 is 1.22 bits per heavy atom. The SMILES string of the molecule is COC(=O)Cn1c(=NC(=O)CS(=O)(=O)CC(=O)N2CCC(C)CC2)sc2cc(Cl)ccc21. The normalized spacial score (nSPS) is 15.8. The van der Waals surface area contributed by atoms with Crippen LogP contribution >= 0.6 is 22.9 Å². The van der Waals surface area contributed by atoms with E-state index >= 15 is 0 Å². The molecule has 0 N–H and O–H groups in total. The number of hydrogen-bond donors (Lipinski definition) is 0. The van der Waals surface area contributed by atoms with Crippen LogP contribution in [0.4, 0.5) is 0 Å². The lowest BCUT2D eigenvalue weighted by molar-refractivity contribution is -0.141. The van der Waals surface area contributed by atoms with Gasteiger partial charge in [0.25, 0.3) is 5.91 Å². The molecule has 3 rings (SSSR count). The summed E-state index contributed by atoms with van der Waals surface area (Å²) in [4.78, 5) is 42.2. The maximum atomic E-state index is 12.5. The fourth-order valence-electron chi connectivity index (χ4n) is 3.39. The van der Waals surface area contributed by atoms with E-state index in [0.717, 1.165) is 24.2 Å². The number of rotatable bonds is 6. The summed E-state index contributed by atoms with van der Waals surface area (Å²) in [6.07, 6.45) is 1.66. The number of likely N-dealkylation sites (tertiary alicyclic amines) is 1. The lowest BCUT2D eigenvalue weighted by Gasteiger charge is -2.30. The largest absolute Gasteiger partial charge is 0.468 e. The molecule has 0 saturated carbocycles. The quantitative estimate of drug-likeness (QED) is 0.555. The van der Waals surface area contributed by atoms with Crippen LogP contribution in [-0.2, 0) is 35.5 Å². The Kier molecular flexibility index (Phi) is 7.73. The zero-order valence-corrected chi connectivity index (χ0v) is 20.1. The number of carbonyl (C=O) groups is 3. The third-order valence-electron chi connectivity index (χ3n) is 5.20. The van der Waals surface area contributed by atoms with E-state index < -0.39 is 39.1 Å². The van der Waals surface area contributed by atoms with Gasteiger partial charge in [-0.25, -0.2) is 8.42 Å². The highest BCUT2D eigenvalue weighted by Crippen LogP contribution is 2.22. The molecular formula is C20H24ClN3O6S2. The van der Waals surface area contributed by atoms with Crippen LogP contribution < -0.4 is 4.80 Å². The fourth-order valence-corrected chi connectivity index (χ4v) is 5.82. The first-order chi connectivity index (χ1) is 15.1. The lowest BCUT2D eigenvalue weighted by atomic mass is 9.99. The van der Waals surface area contributed by atoms with Crippen molar-refractivity contribution in [1.82, 2.24) is 9.47 Å². The van der Waals surface area contributed by atoms with Gasteiger partial charge in [0.15, 0.2) is 14.6 Å². The van der Waals surface area contributed by atoms with Gasteiger partial charge in [0.1, 0.15) is 18.1 Å². The van der Waals surface area contributed by atoms with Gasteiger partial charge in [-0.1, -0.05) is 29.9 Å². The van der Waals surface area contributed by atoms with Crippen LogP contribution in [-0.4, -0.2) is 67.4 Å². The molecule has 0 radical (unpaired) electrons. The van der Waals surface area contributed by atoms with Crippen molar-refractivity contribution in [1.29, 1.82) is 0 Å². The molecule has 1 fully saturated rings. The second-order valence-corrected chi connectivity index (χ2v) is 11.3. The number of ether oxygens (including phenoxy) is 1. The van der Waals surface area contributed by atoms with Gasteiger partial charge in [0, 0.05) is 18.1 Å². The molecule has 32 heavy (non-hydrogen) atoms. The second kappa shape index (κ2) is 10.1. The van der Waals surface area contributed by atoms with Crippen molar-refractivity contribution in [2.24, 2.45) is 10.9 Å². The zero-order valence-electron chi connectivity index (χ0n) is 17.7. The lowest BCUT2D eigenvalue weighted by Crippen LogP contribution is -2.41. The number of amides is 2. The molecule has 1 aromatic heterocycles. The van der Waals surface area contributed by atoms with Crippen LogP contribution in [0, 0.1) is 5.92 Å². The Balaban J connectivity index is 1.80. The number of nitrogens with zero attached hydrogens (tertiary/aromatic N) is 3. The van der Waals surface area contributed by atoms with Crippen molar-refractivity contribution in [3.05, 3.63) is 28.0 Å². The summed E-state index contributed by atoms with van der Waals surface area (Å²) in [5, 5.41) is 0.468. The van der Waals surface area contributed by atoms with Crippen molar-refractivity contribution in [3.8, 4) is 0 Å². The van der Waals surface area contributed by atoms with Crippen molar-refractivity contribution in [2.75, 3.05) is 31.7 Å². The predicted molar refractivity (Wildman–Crippen MR) is 121 cm³/mol. The van der Waals surface area contributed by atoms with Crippen molar-refractivity contribution < 1.29 is 27.5 Å². The molecule has 174 valence electrons. The van der Waals surface area contributed by atoms with Gasteiger partial charge < -0.3 is 14.2 Å². The minimum absolute atomic E-state index is 0.143. The number of carbonyl (C=O) groups excluding carboxylic acids is 3. The van der Waals surface area contributed by atoms with Gasteiger partial charge in [0.05, 0.1) is 17.3 Å². The van der Waals surface area contributed by atoms with Crippen LogP contribution in [0.2, 0.25) is 5.02 Å². The molecule has 0 aliphatic carbocycles. The Bertz CT molecular complexity index is 1210. The van der Waals surface area contributed by atoms with Crippen LogP contribution in [0.3, 0.4) is 0 Å². The van der Waals surface area contributed by atoms with E-state index in [9.17, 15) is 22.8 Å². The van der Waals surface area contributed by atoms with E-state index in [2.05, 4.69) is 11.9 Å². The number of sulfone groups is 1. The first kappa shape index (κ1) is 24.4. The molecule has 1 aromatic carbocycles. The van der Waals surface area contributed by atoms with E-state index in [1.54, 1.807) is 18.2 Å². The Hall–Kier alpha value is -2.24. The molecule has 0 atom stereocenters. The molecule has 2 amide bonds. The van der Waals surface area contributed by atoms with Gasteiger partial charge in [-0.3, -0.25) is 14.4 Å². The van der Waals surface area contributed by atoms with E-state index in [-0.39, 0.29) is 11.3 Å². The van der Waals surface area contributed by atoms with E-state index in [1.807, 2.05) is 0 Å². The van der Waals surface area contributed by atoms with Gasteiger partial charge in [-0.15, -0.1) is 0 Å². The number of piperidine rings is 1. The second-order valence-electron chi connectivity index (χ2n) is 7.76. The fraction of sp³-hybridized carbons (Fsp3) is 0.500. The Labute approximate surface area is 194 Å². The summed E-state index contributed by atoms with van der Waals surface area (Å²) in [6, 6.07) is 4.97. The molecule has 12 heteroatoms. The number of benzene rings is 1. The van der Waals surface area contributed by atoms with Crippen LogP contribution in [0.1, 0.15) is 19.8 Å². The predicted octanol–water partition coefficient (Wildman–Crippen LogP) is 1.63. The summed E-state index contributed by atoms with van der Waals surface area (Å²) in [5.41, 5.74) is 0.605. The molecule has 1 saturated heterocycles. The summed E-state index contributed by atoms with van der Waals surface area (Å²) >= 11 is 7.11. The monoisotopic (exact) mass is 501 g/mol. The number of aromatic nitrogens is 1. The standard InChI is InChI=1S/C20H24ClN3O6S2/c1-13-5-7-23(8-6-13)18(26)12-32(28,29)11-17(25)22-20-24(10-19(27)30-2)15-4-3-14(21)9-16(15)31-20/h3-4,9,13H,5-8,10-12H2,1-2H3. The van der Waals surface area contributed by atoms with Crippen LogP contribution in [0.15, 0.2) is 23.2 Å². The number of esters is 1. The molecule has 0 unspecified atom stereocenters. The summed E-state index contributed by atoms with van der Waals surface area (Å²) < 4.78 is 31.7. The maximum Gasteiger partial charge on any atom is 0.325 e. The molecular weight excluding hydrogens is 478 g/mol. The third kappa shape index (κ3) is 6.17. The average molecular weight is 502 g/mol. The Morgan fingerprint density at radius 2 is 1.91 bits per heavy atom. The molecule has 0 spiro atoms. The molecule has 9 nitrogen and oxygen atoms in total. The number of hydrogen-bond acceptors (Lipinski definition) is 7. The van der Waals surface area contributed by atoms with Crippen molar-refractivity contribution >= 4 is 60.8 Å². The number of fused-ring (bicyclic) bond motifs is 1. The highest BCUT2D eigenvalue weighted by molar-refractivity contribution is 7.92. The topological polar surface area (TPSA) is 115 Å². The third-order valence-corrected chi connectivity index (χ3v) is 7.85. The number of methoxy groups -OCH3 is 1. The summed E-state index contributed by atoms with van der Waals surface area (Å²) in [6.45, 7) is 2.92. The summed E-state index contributed by atoms with van der Waals surface area (Å²) in [7, 11) is -2.75. The van der Waals surface area contributed by atoms with Crippen molar-refractivity contribution in [2.45, 2.75) is 26.3 Å². The Morgan fingerprint density at radius 3 is 2.56 bits per heavy atom. The van der Waals surface area contributed by atoms with Gasteiger partial charge in [-0.2, -0.15) is 4.99 Å². The maximum absolute atomic E-state index is 12.5. The van der Waals surface area contributed by atoms with Gasteiger partial charge in [-0.05, 0) is 37.0 Å². The average Bonchev–Trinajstić information content (AvgIpc) is 3.03. The number of halogens is 1. The molecule has 0 bridgehead atoms. The van der Waals surface area contributed by atoms with Crippen LogP contribution in [0.25, 0.3) is 10.2 Å². The summed E-state index contributed by atoms with van der Waals surface area (Å²) in [5.74, 6) is -3.09. The minimum atomic E-state index is -3.99. The first-order valence-corrected chi connectivity index (χ1v) is 13.0. The van der Waals surface area contributed by atoms with E-state index in [1.165, 1.54) is 16.6 Å². The van der Waals surface area contributed by atoms with E-state index in [4.69, 9.17) is 16.3 Å². The van der Waals surface area contributed by atoms with Gasteiger partial charge in [0.2, 0.25) is 5.91 Å². The molecule has 1 aliphatic heterocycles. The first-order valence-electron chi connectivity index (χ1n) is 9.99. The highest BCUT2D eigenvalue weighted by Gasteiger charge is 2.26. The highest BCUT2D eigenvalue weighted by atomic mass is 35.5. The van der Waals surface area contributed by atoms with E-state index in [0.29, 0.717) is 34.2 Å². The molecule has 1 aliphatic rings. The smallest absolute Gasteiger partial charge is 0.325 e. The van der Waals surface area contributed by atoms with Crippen molar-refractivity contribution in [3.63, 3.8) is 0 Å². The number of thiazole rings is 1. The van der Waals surface area contributed by atoms with Crippen LogP contribution in [0.5, 0.6) is 0 Å². The zero-order chi connectivity index (χ0) is 23.5. The molecule has 2 heterocycles. The molecule has 2 aromatic rings.